The van der Waals surface area contributed by atoms with Gasteiger partial charge in [0.1, 0.15) is 6.04 Å². The van der Waals surface area contributed by atoms with Gasteiger partial charge in [0.05, 0.1) is 6.07 Å². The summed E-state index contributed by atoms with van der Waals surface area (Å²) >= 11 is 0. The second-order valence-electron chi connectivity index (χ2n) is 4.15. The number of nitrogens with zero attached hydrogens (tertiary/aromatic N) is 2. The Bertz CT molecular complexity index is 369. The summed E-state index contributed by atoms with van der Waals surface area (Å²) in [5, 5.41) is 8.89. The van der Waals surface area contributed by atoms with Gasteiger partial charge >= 0.3 is 0 Å². The summed E-state index contributed by atoms with van der Waals surface area (Å²) in [6.45, 7) is 0.472. The van der Waals surface area contributed by atoms with Gasteiger partial charge in [0.25, 0.3) is 10.2 Å². The van der Waals surface area contributed by atoms with E-state index >= 15 is 0 Å². The first kappa shape index (κ1) is 10.9. The van der Waals surface area contributed by atoms with Gasteiger partial charge < -0.3 is 0 Å². The lowest BCUT2D eigenvalue weighted by Gasteiger charge is -2.30. The highest BCUT2D eigenvalue weighted by Gasteiger charge is 2.36. The summed E-state index contributed by atoms with van der Waals surface area (Å²) in [7, 11) is -3.42. The molecule has 1 N–H and O–H groups in total. The van der Waals surface area contributed by atoms with Crippen LogP contribution in [0.2, 0.25) is 0 Å². The highest BCUT2D eigenvalue weighted by Crippen LogP contribution is 2.24. The van der Waals surface area contributed by atoms with Crippen LogP contribution in [0.4, 0.5) is 0 Å². The molecule has 84 valence electrons. The number of nitrogens with one attached hydrogen (secondary N) is 1. The zero-order valence-electron chi connectivity index (χ0n) is 8.52. The molecule has 1 saturated heterocycles. The van der Waals surface area contributed by atoms with Crippen molar-refractivity contribution in [2.45, 2.75) is 44.2 Å². The van der Waals surface area contributed by atoms with Gasteiger partial charge in [-0.1, -0.05) is 0 Å². The molecule has 0 bridgehead atoms. The van der Waals surface area contributed by atoms with E-state index in [1.165, 1.54) is 4.31 Å². The number of hydrogen-bond donors (Lipinski definition) is 1. The van der Waals surface area contributed by atoms with Crippen LogP contribution < -0.4 is 4.72 Å². The molecule has 15 heavy (non-hydrogen) atoms. The van der Waals surface area contributed by atoms with Crippen molar-refractivity contribution < 1.29 is 8.42 Å². The van der Waals surface area contributed by atoms with E-state index in [-0.39, 0.29) is 6.04 Å². The largest absolute Gasteiger partial charge is 0.280 e. The molecule has 0 aromatic carbocycles. The predicted octanol–water partition coefficient (Wildman–Crippen LogP) is 0.361. The van der Waals surface area contributed by atoms with Crippen LogP contribution in [-0.2, 0) is 10.2 Å². The van der Waals surface area contributed by atoms with E-state index in [0.717, 1.165) is 25.7 Å². The summed E-state index contributed by atoms with van der Waals surface area (Å²) in [5.74, 6) is 0. The minimum atomic E-state index is -3.42. The maximum Gasteiger partial charge on any atom is 0.280 e. The maximum absolute atomic E-state index is 11.9. The molecule has 2 rings (SSSR count). The number of hydrogen-bond acceptors (Lipinski definition) is 3. The third-order valence-electron chi connectivity index (χ3n) is 2.80. The molecule has 1 heterocycles. The summed E-state index contributed by atoms with van der Waals surface area (Å²) in [4.78, 5) is 0. The van der Waals surface area contributed by atoms with Crippen molar-refractivity contribution >= 4 is 10.2 Å². The lowest BCUT2D eigenvalue weighted by molar-refractivity contribution is 0.293. The second kappa shape index (κ2) is 4.08. The Morgan fingerprint density at radius 1 is 1.27 bits per heavy atom. The van der Waals surface area contributed by atoms with Crippen molar-refractivity contribution in [3.63, 3.8) is 0 Å². The highest BCUT2D eigenvalue weighted by atomic mass is 32.2. The van der Waals surface area contributed by atoms with E-state index in [0.29, 0.717) is 13.0 Å². The van der Waals surface area contributed by atoms with Crippen molar-refractivity contribution in [2.75, 3.05) is 6.54 Å². The van der Waals surface area contributed by atoms with E-state index in [9.17, 15) is 8.42 Å². The van der Waals surface area contributed by atoms with Crippen LogP contribution in [-0.4, -0.2) is 31.4 Å². The molecule has 2 aliphatic rings. The SMILES string of the molecule is N#CC1CCCCN1S(=O)(=O)NC1CC1. The van der Waals surface area contributed by atoms with Gasteiger partial charge in [-0.2, -0.15) is 22.7 Å². The molecular formula is C9H15N3O2S. The van der Waals surface area contributed by atoms with Gasteiger partial charge in [-0.3, -0.25) is 0 Å². The van der Waals surface area contributed by atoms with Crippen LogP contribution in [0, 0.1) is 11.3 Å². The molecule has 1 aliphatic heterocycles. The molecule has 1 aliphatic carbocycles. The molecule has 0 spiro atoms. The quantitative estimate of drug-likeness (QED) is 0.759. The molecule has 0 radical (unpaired) electrons. The fraction of sp³-hybridized carbons (Fsp3) is 0.889. The first-order valence-corrected chi connectivity index (χ1v) is 6.76. The van der Waals surface area contributed by atoms with E-state index in [1.54, 1.807) is 0 Å². The van der Waals surface area contributed by atoms with Crippen LogP contribution in [0.3, 0.4) is 0 Å². The third kappa shape index (κ3) is 2.48. The summed E-state index contributed by atoms with van der Waals surface area (Å²) < 4.78 is 27.7. The molecule has 1 atom stereocenters. The number of piperidine rings is 1. The lowest BCUT2D eigenvalue weighted by atomic mass is 10.1. The third-order valence-corrected chi connectivity index (χ3v) is 4.49. The average molecular weight is 229 g/mol. The first-order chi connectivity index (χ1) is 7.13. The number of nitriles is 1. The van der Waals surface area contributed by atoms with E-state index in [2.05, 4.69) is 10.8 Å². The van der Waals surface area contributed by atoms with E-state index < -0.39 is 16.3 Å². The van der Waals surface area contributed by atoms with E-state index in [4.69, 9.17) is 5.26 Å². The molecule has 1 unspecified atom stereocenters. The van der Waals surface area contributed by atoms with Crippen LogP contribution in [0.25, 0.3) is 0 Å². The molecule has 5 nitrogen and oxygen atoms in total. The van der Waals surface area contributed by atoms with Crippen molar-refractivity contribution in [2.24, 2.45) is 0 Å². The fourth-order valence-corrected chi connectivity index (χ4v) is 3.45. The predicted molar refractivity (Wildman–Crippen MR) is 55.0 cm³/mol. The van der Waals surface area contributed by atoms with Crippen LogP contribution in [0.5, 0.6) is 0 Å². The van der Waals surface area contributed by atoms with Gasteiger partial charge in [-0.25, -0.2) is 0 Å². The monoisotopic (exact) mass is 229 g/mol. The molecule has 0 amide bonds. The molecule has 0 aromatic rings. The summed E-state index contributed by atoms with van der Waals surface area (Å²) in [6.07, 6.45) is 4.29. The van der Waals surface area contributed by atoms with Crippen molar-refractivity contribution in [1.29, 1.82) is 5.26 Å². The van der Waals surface area contributed by atoms with E-state index in [1.807, 2.05) is 0 Å². The maximum atomic E-state index is 11.9. The van der Waals surface area contributed by atoms with Gasteiger partial charge in [0.2, 0.25) is 0 Å². The Kier molecular flexibility index (Phi) is 2.96. The molecule has 6 heteroatoms. The summed E-state index contributed by atoms with van der Waals surface area (Å²) in [6, 6.07) is 1.69. The molecule has 1 saturated carbocycles. The highest BCUT2D eigenvalue weighted by molar-refractivity contribution is 7.87. The second-order valence-corrected chi connectivity index (χ2v) is 5.80. The molecule has 2 fully saturated rings. The Balaban J connectivity index is 2.08. The molecule has 0 aromatic heterocycles. The van der Waals surface area contributed by atoms with Crippen LogP contribution >= 0.6 is 0 Å². The standard InChI is InChI=1S/C9H15N3O2S/c10-7-9-3-1-2-6-12(9)15(13,14)11-8-4-5-8/h8-9,11H,1-6H2. The minimum Gasteiger partial charge on any atom is -0.199 e. The first-order valence-electron chi connectivity index (χ1n) is 5.32. The van der Waals surface area contributed by atoms with Crippen molar-refractivity contribution in [3.8, 4) is 6.07 Å². The normalized spacial score (nSPS) is 28.6. The molecular weight excluding hydrogens is 214 g/mol. The topological polar surface area (TPSA) is 73.2 Å². The van der Waals surface area contributed by atoms with Crippen LogP contribution in [0.15, 0.2) is 0 Å². The minimum absolute atomic E-state index is 0.108. The Morgan fingerprint density at radius 3 is 2.60 bits per heavy atom. The van der Waals surface area contributed by atoms with Gasteiger partial charge in [0.15, 0.2) is 0 Å². The van der Waals surface area contributed by atoms with Crippen LogP contribution in [0.1, 0.15) is 32.1 Å². The Labute approximate surface area is 90.2 Å². The van der Waals surface area contributed by atoms with Crippen molar-refractivity contribution in [1.82, 2.24) is 9.03 Å². The lowest BCUT2D eigenvalue weighted by Crippen LogP contribution is -2.49. The van der Waals surface area contributed by atoms with Gasteiger partial charge in [-0.15, -0.1) is 0 Å². The Morgan fingerprint density at radius 2 is 2.00 bits per heavy atom. The van der Waals surface area contributed by atoms with Crippen molar-refractivity contribution in [3.05, 3.63) is 0 Å². The smallest absolute Gasteiger partial charge is 0.199 e. The Hall–Kier alpha value is -0.640. The average Bonchev–Trinajstić information content (AvgIpc) is 3.01. The fourth-order valence-electron chi connectivity index (χ4n) is 1.80. The zero-order chi connectivity index (χ0) is 10.9. The zero-order valence-corrected chi connectivity index (χ0v) is 9.33. The summed E-state index contributed by atoms with van der Waals surface area (Å²) in [5.41, 5.74) is 0. The number of rotatable bonds is 3. The van der Waals surface area contributed by atoms with Gasteiger partial charge in [0, 0.05) is 12.6 Å². The van der Waals surface area contributed by atoms with Gasteiger partial charge in [-0.05, 0) is 32.1 Å².